The van der Waals surface area contributed by atoms with E-state index in [4.69, 9.17) is 10.5 Å². The van der Waals surface area contributed by atoms with E-state index in [2.05, 4.69) is 12.2 Å². The zero-order chi connectivity index (χ0) is 16.4. The van der Waals surface area contributed by atoms with Gasteiger partial charge < -0.3 is 15.8 Å². The summed E-state index contributed by atoms with van der Waals surface area (Å²) in [5.41, 5.74) is 5.51. The molecule has 122 valence electrons. The quantitative estimate of drug-likeness (QED) is 0.507. The Bertz CT molecular complexity index is 493. The van der Waals surface area contributed by atoms with Crippen molar-refractivity contribution >= 4 is 11.6 Å². The largest absolute Gasteiger partial charge is 0.486 e. The van der Waals surface area contributed by atoms with Crippen molar-refractivity contribution in [2.75, 3.05) is 13.2 Å². The number of ether oxygens (including phenoxy) is 1. The van der Waals surface area contributed by atoms with Crippen LogP contribution < -0.4 is 15.8 Å². The van der Waals surface area contributed by atoms with Crippen molar-refractivity contribution in [1.29, 1.82) is 0 Å². The van der Waals surface area contributed by atoms with Crippen molar-refractivity contribution in [3.05, 3.63) is 34.4 Å². The summed E-state index contributed by atoms with van der Waals surface area (Å²) in [5, 5.41) is 13.7. The summed E-state index contributed by atoms with van der Waals surface area (Å²) in [6.07, 6.45) is 3.04. The highest BCUT2D eigenvalue weighted by Gasteiger charge is 2.14. The monoisotopic (exact) mass is 309 g/mol. The minimum absolute atomic E-state index is 0.0292. The van der Waals surface area contributed by atoms with Crippen LogP contribution in [0.15, 0.2) is 24.3 Å². The van der Waals surface area contributed by atoms with E-state index in [1.165, 1.54) is 12.1 Å². The lowest BCUT2D eigenvalue weighted by atomic mass is 10.1. The van der Waals surface area contributed by atoms with Crippen LogP contribution in [0.2, 0.25) is 0 Å². The number of nitrogens with zero attached hydrogens (tertiary/aromatic N) is 1. The van der Waals surface area contributed by atoms with Gasteiger partial charge in [-0.1, -0.05) is 31.9 Å². The molecule has 0 spiro atoms. The van der Waals surface area contributed by atoms with E-state index in [1.807, 2.05) is 0 Å². The van der Waals surface area contributed by atoms with Gasteiger partial charge in [0.2, 0.25) is 5.91 Å². The van der Waals surface area contributed by atoms with Crippen LogP contribution in [0.1, 0.15) is 32.6 Å². The molecule has 0 heterocycles. The standard InChI is InChI=1S/C15H23N3O4/c1-2-3-6-12(11-16)17-15(19)9-10-22-14-8-5-4-7-13(14)18(20)21/h4-5,7-8,12H,2-3,6,9-11,16H2,1H3,(H,17,19). The van der Waals surface area contributed by atoms with Crippen LogP contribution in [-0.4, -0.2) is 30.0 Å². The maximum atomic E-state index is 11.8. The Labute approximate surface area is 130 Å². The molecule has 0 radical (unpaired) electrons. The number of rotatable bonds is 10. The molecule has 7 nitrogen and oxygen atoms in total. The average Bonchev–Trinajstić information content (AvgIpc) is 2.51. The van der Waals surface area contributed by atoms with E-state index in [1.54, 1.807) is 12.1 Å². The van der Waals surface area contributed by atoms with Crippen LogP contribution in [0.25, 0.3) is 0 Å². The Morgan fingerprint density at radius 2 is 2.18 bits per heavy atom. The number of nitrogens with two attached hydrogens (primary N) is 1. The van der Waals surface area contributed by atoms with Crippen molar-refractivity contribution in [3.8, 4) is 5.75 Å². The number of hydrogen-bond acceptors (Lipinski definition) is 5. The molecular formula is C15H23N3O4. The lowest BCUT2D eigenvalue weighted by Gasteiger charge is -2.16. The maximum absolute atomic E-state index is 11.8. The second kappa shape index (κ2) is 9.73. The first kappa shape index (κ1) is 17.9. The van der Waals surface area contributed by atoms with Gasteiger partial charge in [-0.05, 0) is 12.5 Å². The summed E-state index contributed by atoms with van der Waals surface area (Å²) >= 11 is 0. The van der Waals surface area contributed by atoms with Crippen LogP contribution in [0.5, 0.6) is 5.75 Å². The minimum Gasteiger partial charge on any atom is -0.486 e. The molecule has 0 saturated carbocycles. The Morgan fingerprint density at radius 1 is 1.45 bits per heavy atom. The van der Waals surface area contributed by atoms with Crippen molar-refractivity contribution in [2.24, 2.45) is 5.73 Å². The molecule has 1 aromatic carbocycles. The first-order valence-corrected chi connectivity index (χ1v) is 7.44. The molecule has 1 unspecified atom stereocenters. The predicted octanol–water partition coefficient (Wildman–Crippen LogP) is 2.00. The molecule has 3 N–H and O–H groups in total. The lowest BCUT2D eigenvalue weighted by molar-refractivity contribution is -0.385. The van der Waals surface area contributed by atoms with Gasteiger partial charge in [0.15, 0.2) is 5.75 Å². The SMILES string of the molecule is CCCCC(CN)NC(=O)CCOc1ccccc1[N+](=O)[O-]. The summed E-state index contributed by atoms with van der Waals surface area (Å²) in [4.78, 5) is 22.1. The molecule has 1 aromatic rings. The van der Waals surface area contributed by atoms with Gasteiger partial charge in [0, 0.05) is 18.7 Å². The van der Waals surface area contributed by atoms with E-state index < -0.39 is 4.92 Å². The zero-order valence-electron chi connectivity index (χ0n) is 12.8. The summed E-state index contributed by atoms with van der Waals surface area (Å²) < 4.78 is 5.33. The number of nitro groups is 1. The van der Waals surface area contributed by atoms with Gasteiger partial charge in [-0.15, -0.1) is 0 Å². The normalized spacial score (nSPS) is 11.7. The third-order valence-corrected chi connectivity index (χ3v) is 3.20. The zero-order valence-corrected chi connectivity index (χ0v) is 12.8. The number of benzene rings is 1. The summed E-state index contributed by atoms with van der Waals surface area (Å²) in [7, 11) is 0. The van der Waals surface area contributed by atoms with Crippen molar-refractivity contribution in [1.82, 2.24) is 5.32 Å². The molecule has 22 heavy (non-hydrogen) atoms. The Morgan fingerprint density at radius 3 is 2.82 bits per heavy atom. The smallest absolute Gasteiger partial charge is 0.310 e. The second-order valence-corrected chi connectivity index (χ2v) is 4.97. The summed E-state index contributed by atoms with van der Waals surface area (Å²) in [6.45, 7) is 2.56. The van der Waals surface area contributed by atoms with Gasteiger partial charge in [0.05, 0.1) is 18.0 Å². The molecule has 0 saturated heterocycles. The lowest BCUT2D eigenvalue weighted by Crippen LogP contribution is -2.40. The van der Waals surface area contributed by atoms with Crippen LogP contribution in [0.3, 0.4) is 0 Å². The van der Waals surface area contributed by atoms with Crippen LogP contribution in [0.4, 0.5) is 5.69 Å². The van der Waals surface area contributed by atoms with Gasteiger partial charge >= 0.3 is 5.69 Å². The molecular weight excluding hydrogens is 286 g/mol. The predicted molar refractivity (Wildman–Crippen MR) is 83.7 cm³/mol. The number of para-hydroxylation sites is 2. The van der Waals surface area contributed by atoms with E-state index in [9.17, 15) is 14.9 Å². The van der Waals surface area contributed by atoms with E-state index in [0.717, 1.165) is 19.3 Å². The average molecular weight is 309 g/mol. The third kappa shape index (κ3) is 6.09. The first-order chi connectivity index (χ1) is 10.6. The minimum atomic E-state index is -0.509. The van der Waals surface area contributed by atoms with Gasteiger partial charge in [-0.25, -0.2) is 0 Å². The van der Waals surface area contributed by atoms with E-state index in [-0.39, 0.29) is 36.4 Å². The fourth-order valence-corrected chi connectivity index (χ4v) is 1.98. The van der Waals surface area contributed by atoms with E-state index in [0.29, 0.717) is 6.54 Å². The molecule has 7 heteroatoms. The number of carbonyl (C=O) groups is 1. The fourth-order valence-electron chi connectivity index (χ4n) is 1.98. The molecule has 0 aromatic heterocycles. The fraction of sp³-hybridized carbons (Fsp3) is 0.533. The van der Waals surface area contributed by atoms with Gasteiger partial charge in [-0.2, -0.15) is 0 Å². The molecule has 1 rings (SSSR count). The molecule has 1 amide bonds. The number of amides is 1. The highest BCUT2D eigenvalue weighted by atomic mass is 16.6. The maximum Gasteiger partial charge on any atom is 0.310 e. The number of unbranched alkanes of at least 4 members (excludes halogenated alkanes) is 1. The van der Waals surface area contributed by atoms with E-state index >= 15 is 0 Å². The van der Waals surface area contributed by atoms with Gasteiger partial charge in [0.1, 0.15) is 0 Å². The van der Waals surface area contributed by atoms with Crippen molar-refractivity contribution in [2.45, 2.75) is 38.6 Å². The molecule has 0 bridgehead atoms. The molecule has 0 fully saturated rings. The topological polar surface area (TPSA) is 107 Å². The van der Waals surface area contributed by atoms with Crippen molar-refractivity contribution < 1.29 is 14.5 Å². The van der Waals surface area contributed by atoms with Crippen LogP contribution in [0, 0.1) is 10.1 Å². The highest BCUT2D eigenvalue weighted by molar-refractivity contribution is 5.76. The molecule has 0 aliphatic heterocycles. The number of hydrogen-bond donors (Lipinski definition) is 2. The van der Waals surface area contributed by atoms with Gasteiger partial charge in [0.25, 0.3) is 0 Å². The third-order valence-electron chi connectivity index (χ3n) is 3.20. The van der Waals surface area contributed by atoms with Crippen LogP contribution in [-0.2, 0) is 4.79 Å². The molecule has 0 aliphatic rings. The summed E-state index contributed by atoms with van der Waals surface area (Å²) in [5.74, 6) is 0.00629. The summed E-state index contributed by atoms with van der Waals surface area (Å²) in [6, 6.07) is 6.07. The Balaban J connectivity index is 2.40. The van der Waals surface area contributed by atoms with Crippen LogP contribution >= 0.6 is 0 Å². The highest BCUT2D eigenvalue weighted by Crippen LogP contribution is 2.25. The number of carbonyl (C=O) groups excluding carboxylic acids is 1. The molecule has 0 aliphatic carbocycles. The number of nitrogens with one attached hydrogen (secondary N) is 1. The van der Waals surface area contributed by atoms with Gasteiger partial charge in [-0.3, -0.25) is 14.9 Å². The second-order valence-electron chi connectivity index (χ2n) is 4.97. The Hall–Kier alpha value is -2.15. The first-order valence-electron chi connectivity index (χ1n) is 7.44. The molecule has 1 atom stereocenters. The number of nitro benzene ring substituents is 1. The van der Waals surface area contributed by atoms with Crippen molar-refractivity contribution in [3.63, 3.8) is 0 Å². The Kier molecular flexibility index (Phi) is 7.91.